The van der Waals surface area contributed by atoms with Gasteiger partial charge in [0.15, 0.2) is 0 Å². The van der Waals surface area contributed by atoms with Crippen molar-refractivity contribution in [2.45, 2.75) is 19.9 Å². The van der Waals surface area contributed by atoms with Crippen molar-refractivity contribution in [2.75, 3.05) is 0 Å². The van der Waals surface area contributed by atoms with Crippen LogP contribution in [0.1, 0.15) is 12.1 Å². The minimum Gasteiger partial charge on any atom is -0.481 e. The third-order valence-corrected chi connectivity index (χ3v) is 3.36. The molecule has 3 aromatic rings. The number of hydrogen-bond donors (Lipinski definition) is 1. The summed E-state index contributed by atoms with van der Waals surface area (Å²) in [6, 6.07) is 11.6. The summed E-state index contributed by atoms with van der Waals surface area (Å²) in [5.41, 5.74) is 3.67. The number of imidazole rings is 1. The number of para-hydroxylation sites is 2. The van der Waals surface area contributed by atoms with Crippen molar-refractivity contribution >= 4 is 17.0 Å². The number of rotatable bonds is 4. The van der Waals surface area contributed by atoms with E-state index in [1.807, 2.05) is 47.9 Å². The van der Waals surface area contributed by atoms with Gasteiger partial charge in [-0.05, 0) is 31.2 Å². The van der Waals surface area contributed by atoms with Crippen LogP contribution in [0.15, 0.2) is 42.6 Å². The first-order valence-corrected chi connectivity index (χ1v) is 6.75. The van der Waals surface area contributed by atoms with E-state index in [0.717, 1.165) is 28.1 Å². The van der Waals surface area contributed by atoms with E-state index in [9.17, 15) is 4.79 Å². The average molecular weight is 281 g/mol. The quantitative estimate of drug-likeness (QED) is 0.798. The number of fused-ring (bicyclic) bond motifs is 1. The molecule has 2 aromatic heterocycles. The minimum atomic E-state index is -0.815. The lowest BCUT2D eigenvalue weighted by Gasteiger charge is -2.08. The molecule has 0 unspecified atom stereocenters. The molecule has 3 rings (SSSR count). The molecule has 5 heteroatoms. The van der Waals surface area contributed by atoms with E-state index < -0.39 is 5.97 Å². The number of pyridine rings is 1. The molecule has 0 spiro atoms. The first-order chi connectivity index (χ1) is 10.1. The lowest BCUT2D eigenvalue weighted by Crippen LogP contribution is -2.06. The van der Waals surface area contributed by atoms with Gasteiger partial charge in [-0.2, -0.15) is 0 Å². The highest BCUT2D eigenvalue weighted by atomic mass is 16.4. The van der Waals surface area contributed by atoms with Crippen molar-refractivity contribution in [1.29, 1.82) is 0 Å². The van der Waals surface area contributed by atoms with E-state index in [1.54, 1.807) is 6.20 Å². The first-order valence-electron chi connectivity index (χ1n) is 6.75. The highest BCUT2D eigenvalue weighted by Gasteiger charge is 2.13. The van der Waals surface area contributed by atoms with E-state index in [2.05, 4.69) is 9.97 Å². The van der Waals surface area contributed by atoms with Crippen LogP contribution < -0.4 is 0 Å². The Bertz CT molecular complexity index is 808. The summed E-state index contributed by atoms with van der Waals surface area (Å²) in [6.07, 6.45) is 1.81. The van der Waals surface area contributed by atoms with Gasteiger partial charge in [0.1, 0.15) is 5.82 Å². The maximum absolute atomic E-state index is 10.9. The topological polar surface area (TPSA) is 68.0 Å². The van der Waals surface area contributed by atoms with E-state index in [1.165, 1.54) is 0 Å². The van der Waals surface area contributed by atoms with Gasteiger partial charge >= 0.3 is 5.97 Å². The fraction of sp³-hybridized carbons (Fsp3) is 0.188. The minimum absolute atomic E-state index is 0.0669. The first kappa shape index (κ1) is 13.3. The van der Waals surface area contributed by atoms with Crippen molar-refractivity contribution in [1.82, 2.24) is 14.5 Å². The molecule has 0 amide bonds. The zero-order valence-corrected chi connectivity index (χ0v) is 11.7. The summed E-state index contributed by atoms with van der Waals surface area (Å²) in [4.78, 5) is 19.7. The summed E-state index contributed by atoms with van der Waals surface area (Å²) >= 11 is 0. The lowest BCUT2D eigenvalue weighted by molar-refractivity contribution is -0.137. The molecular formula is C16H15N3O2. The normalized spacial score (nSPS) is 10.9. The van der Waals surface area contributed by atoms with Crippen LogP contribution in [0, 0.1) is 6.92 Å². The van der Waals surface area contributed by atoms with Gasteiger partial charge in [-0.25, -0.2) is 4.98 Å². The van der Waals surface area contributed by atoms with Crippen LogP contribution in [0.25, 0.3) is 22.4 Å². The molecule has 0 aliphatic rings. The molecule has 1 aromatic carbocycles. The van der Waals surface area contributed by atoms with Gasteiger partial charge in [0, 0.05) is 24.0 Å². The average Bonchev–Trinajstić information content (AvgIpc) is 2.84. The van der Waals surface area contributed by atoms with Gasteiger partial charge in [0.05, 0.1) is 17.5 Å². The van der Waals surface area contributed by atoms with Gasteiger partial charge in [0.2, 0.25) is 0 Å². The Balaban J connectivity index is 2.16. The fourth-order valence-corrected chi connectivity index (χ4v) is 2.41. The molecule has 0 radical (unpaired) electrons. The van der Waals surface area contributed by atoms with Crippen LogP contribution in [0.4, 0.5) is 0 Å². The maximum Gasteiger partial charge on any atom is 0.305 e. The zero-order chi connectivity index (χ0) is 14.8. The third kappa shape index (κ3) is 2.63. The van der Waals surface area contributed by atoms with Crippen LogP contribution in [0.5, 0.6) is 0 Å². The van der Waals surface area contributed by atoms with E-state index >= 15 is 0 Å². The molecule has 0 fully saturated rings. The summed E-state index contributed by atoms with van der Waals surface area (Å²) in [6.45, 7) is 2.32. The maximum atomic E-state index is 10.9. The highest BCUT2D eigenvalue weighted by molar-refractivity contribution is 5.81. The number of carbonyl (C=O) groups is 1. The SMILES string of the molecule is Cc1cc(-c2nc3ccccc3n2CCC(=O)O)ccn1. The number of nitrogens with zero attached hydrogens (tertiary/aromatic N) is 3. The number of carboxylic acid groups (broad SMARTS) is 1. The van der Waals surface area contributed by atoms with Crippen LogP contribution in [-0.2, 0) is 11.3 Å². The Hall–Kier alpha value is -2.69. The van der Waals surface area contributed by atoms with E-state index in [0.29, 0.717) is 6.54 Å². The summed E-state index contributed by atoms with van der Waals surface area (Å²) in [7, 11) is 0. The number of benzene rings is 1. The standard InChI is InChI=1S/C16H15N3O2/c1-11-10-12(6-8-17-11)16-18-13-4-2-3-5-14(13)19(16)9-7-15(20)21/h2-6,8,10H,7,9H2,1H3,(H,20,21). The monoisotopic (exact) mass is 281 g/mol. The van der Waals surface area contributed by atoms with Gasteiger partial charge < -0.3 is 9.67 Å². The second-order valence-electron chi connectivity index (χ2n) is 4.91. The molecule has 1 N–H and O–H groups in total. The highest BCUT2D eigenvalue weighted by Crippen LogP contribution is 2.25. The van der Waals surface area contributed by atoms with Crippen molar-refractivity contribution in [3.8, 4) is 11.4 Å². The largest absolute Gasteiger partial charge is 0.481 e. The summed E-state index contributed by atoms with van der Waals surface area (Å²) < 4.78 is 1.96. The second kappa shape index (κ2) is 5.36. The zero-order valence-electron chi connectivity index (χ0n) is 11.7. The van der Waals surface area contributed by atoms with Crippen molar-refractivity contribution < 1.29 is 9.90 Å². The van der Waals surface area contributed by atoms with Crippen LogP contribution in [0.3, 0.4) is 0 Å². The number of carboxylic acids is 1. The second-order valence-corrected chi connectivity index (χ2v) is 4.91. The molecule has 0 aliphatic heterocycles. The summed E-state index contributed by atoms with van der Waals surface area (Å²) in [5.74, 6) is -0.0346. The van der Waals surface area contributed by atoms with E-state index in [-0.39, 0.29) is 6.42 Å². The van der Waals surface area contributed by atoms with Gasteiger partial charge in [-0.3, -0.25) is 9.78 Å². The molecule has 106 valence electrons. The van der Waals surface area contributed by atoms with Gasteiger partial charge in [0.25, 0.3) is 0 Å². The predicted molar refractivity (Wildman–Crippen MR) is 80.0 cm³/mol. The van der Waals surface area contributed by atoms with Crippen LogP contribution >= 0.6 is 0 Å². The lowest BCUT2D eigenvalue weighted by atomic mass is 10.2. The molecule has 2 heterocycles. The van der Waals surface area contributed by atoms with Crippen molar-refractivity contribution in [3.05, 3.63) is 48.3 Å². The number of aliphatic carboxylic acids is 1. The Morgan fingerprint density at radius 1 is 1.29 bits per heavy atom. The Morgan fingerprint density at radius 3 is 2.86 bits per heavy atom. The van der Waals surface area contributed by atoms with Crippen molar-refractivity contribution in [3.63, 3.8) is 0 Å². The van der Waals surface area contributed by atoms with Gasteiger partial charge in [-0.1, -0.05) is 12.1 Å². The molecule has 21 heavy (non-hydrogen) atoms. The molecule has 0 saturated heterocycles. The Kier molecular flexibility index (Phi) is 3.39. The third-order valence-electron chi connectivity index (χ3n) is 3.36. The molecular weight excluding hydrogens is 266 g/mol. The van der Waals surface area contributed by atoms with E-state index in [4.69, 9.17) is 5.11 Å². The Labute approximate surface area is 121 Å². The summed E-state index contributed by atoms with van der Waals surface area (Å²) in [5, 5.41) is 8.95. The molecule has 5 nitrogen and oxygen atoms in total. The number of hydrogen-bond acceptors (Lipinski definition) is 3. The Morgan fingerprint density at radius 2 is 2.10 bits per heavy atom. The number of aromatic nitrogens is 3. The molecule has 0 bridgehead atoms. The molecule has 0 saturated carbocycles. The van der Waals surface area contributed by atoms with Crippen molar-refractivity contribution in [2.24, 2.45) is 0 Å². The molecule has 0 aliphatic carbocycles. The van der Waals surface area contributed by atoms with Gasteiger partial charge in [-0.15, -0.1) is 0 Å². The number of aryl methyl sites for hydroxylation is 2. The van der Waals surface area contributed by atoms with Crippen LogP contribution in [-0.4, -0.2) is 25.6 Å². The fourth-order valence-electron chi connectivity index (χ4n) is 2.41. The van der Waals surface area contributed by atoms with Crippen LogP contribution in [0.2, 0.25) is 0 Å². The predicted octanol–water partition coefficient (Wildman–Crippen LogP) is 2.88. The smallest absolute Gasteiger partial charge is 0.305 e. The molecule has 0 atom stereocenters.